The summed E-state index contributed by atoms with van der Waals surface area (Å²) in [7, 11) is 0. The molecule has 0 aliphatic rings. The van der Waals surface area contributed by atoms with Crippen molar-refractivity contribution >= 4 is 10.9 Å². The Morgan fingerprint density at radius 3 is 3.09 bits per heavy atom. The third-order valence-corrected chi connectivity index (χ3v) is 1.69. The number of aromatic amines is 2. The van der Waals surface area contributed by atoms with Gasteiger partial charge < -0.3 is 9.97 Å². The van der Waals surface area contributed by atoms with Gasteiger partial charge in [-0.05, 0) is 19.1 Å². The lowest BCUT2D eigenvalue weighted by molar-refractivity contribution is 1.16. The summed E-state index contributed by atoms with van der Waals surface area (Å²) in [5.41, 5.74) is 1.49. The first-order valence-corrected chi connectivity index (χ1v) is 3.44. The number of nitrogens with one attached hydrogen (secondary N) is 2. The van der Waals surface area contributed by atoms with Crippen LogP contribution in [0.5, 0.6) is 0 Å². The Balaban J connectivity index is 3.02. The summed E-state index contributed by atoms with van der Waals surface area (Å²) >= 11 is 0. The highest BCUT2D eigenvalue weighted by Gasteiger charge is 1.97. The number of rotatable bonds is 0. The summed E-state index contributed by atoms with van der Waals surface area (Å²) in [6, 6.07) is 3.82. The first-order chi connectivity index (χ1) is 5.27. The quantitative estimate of drug-likeness (QED) is 0.578. The van der Waals surface area contributed by atoms with Crippen LogP contribution in [0.4, 0.5) is 0 Å². The minimum Gasteiger partial charge on any atom is -0.357 e. The van der Waals surface area contributed by atoms with Crippen LogP contribution < -0.4 is 5.56 Å². The zero-order valence-electron chi connectivity index (χ0n) is 6.14. The standard InChI is InChI=1S/C8H8N2O/c1-5-4-6-2-3-9-7(6)8(11)10-5/h2-4,9H,1H3,(H,10,11). The van der Waals surface area contributed by atoms with Gasteiger partial charge in [0.15, 0.2) is 0 Å². The summed E-state index contributed by atoms with van der Waals surface area (Å²) in [6.45, 7) is 1.87. The number of fused-ring (bicyclic) bond motifs is 1. The zero-order chi connectivity index (χ0) is 7.84. The molecular weight excluding hydrogens is 140 g/mol. The molecule has 2 heterocycles. The van der Waals surface area contributed by atoms with Crippen molar-refractivity contribution in [2.24, 2.45) is 0 Å². The molecule has 3 nitrogen and oxygen atoms in total. The average molecular weight is 148 g/mol. The van der Waals surface area contributed by atoms with Gasteiger partial charge in [0, 0.05) is 17.3 Å². The molecule has 3 heteroatoms. The number of H-pyrrole nitrogens is 2. The van der Waals surface area contributed by atoms with Gasteiger partial charge >= 0.3 is 0 Å². The maximum Gasteiger partial charge on any atom is 0.272 e. The molecule has 0 atom stereocenters. The number of aromatic nitrogens is 2. The van der Waals surface area contributed by atoms with E-state index in [-0.39, 0.29) is 5.56 Å². The lowest BCUT2D eigenvalue weighted by Crippen LogP contribution is -2.06. The summed E-state index contributed by atoms with van der Waals surface area (Å²) in [5.74, 6) is 0. The lowest BCUT2D eigenvalue weighted by atomic mass is 10.3. The molecule has 0 amide bonds. The van der Waals surface area contributed by atoms with Gasteiger partial charge in [-0.1, -0.05) is 0 Å². The monoisotopic (exact) mass is 148 g/mol. The van der Waals surface area contributed by atoms with Crippen LogP contribution in [0.2, 0.25) is 0 Å². The Bertz CT molecular complexity index is 439. The maximum atomic E-state index is 11.2. The second-order valence-corrected chi connectivity index (χ2v) is 2.59. The van der Waals surface area contributed by atoms with Crippen molar-refractivity contribution in [2.45, 2.75) is 6.92 Å². The summed E-state index contributed by atoms with van der Waals surface area (Å²) < 4.78 is 0. The number of aryl methyl sites for hydroxylation is 1. The molecule has 0 fully saturated rings. The van der Waals surface area contributed by atoms with Crippen LogP contribution in [-0.2, 0) is 0 Å². The molecule has 0 aromatic carbocycles. The van der Waals surface area contributed by atoms with Gasteiger partial charge in [-0.3, -0.25) is 4.79 Å². The molecule has 0 radical (unpaired) electrons. The van der Waals surface area contributed by atoms with Crippen LogP contribution in [0.3, 0.4) is 0 Å². The molecule has 2 rings (SSSR count). The van der Waals surface area contributed by atoms with Crippen molar-refractivity contribution in [3.63, 3.8) is 0 Å². The van der Waals surface area contributed by atoms with Crippen molar-refractivity contribution in [2.75, 3.05) is 0 Å². The highest BCUT2D eigenvalue weighted by Crippen LogP contribution is 2.06. The molecule has 0 bridgehead atoms. The van der Waals surface area contributed by atoms with Gasteiger partial charge in [-0.15, -0.1) is 0 Å². The van der Waals surface area contributed by atoms with E-state index < -0.39 is 0 Å². The van der Waals surface area contributed by atoms with E-state index in [9.17, 15) is 4.79 Å². The van der Waals surface area contributed by atoms with Gasteiger partial charge in [0.1, 0.15) is 5.52 Å². The summed E-state index contributed by atoms with van der Waals surface area (Å²) in [5, 5.41) is 0.964. The normalized spacial score (nSPS) is 10.6. The smallest absolute Gasteiger partial charge is 0.272 e. The SMILES string of the molecule is Cc1cc2cc[nH]c2c(=O)[nH]1. The topological polar surface area (TPSA) is 48.6 Å². The average Bonchev–Trinajstić information content (AvgIpc) is 2.34. The second kappa shape index (κ2) is 1.99. The van der Waals surface area contributed by atoms with E-state index >= 15 is 0 Å². The van der Waals surface area contributed by atoms with Crippen molar-refractivity contribution in [1.82, 2.24) is 9.97 Å². The number of pyridine rings is 1. The fourth-order valence-electron chi connectivity index (χ4n) is 1.21. The molecule has 0 saturated heterocycles. The van der Waals surface area contributed by atoms with E-state index in [0.29, 0.717) is 5.52 Å². The van der Waals surface area contributed by atoms with Crippen molar-refractivity contribution in [1.29, 1.82) is 0 Å². The van der Waals surface area contributed by atoms with Crippen LogP contribution in [0.25, 0.3) is 10.9 Å². The highest BCUT2D eigenvalue weighted by atomic mass is 16.1. The highest BCUT2D eigenvalue weighted by molar-refractivity contribution is 5.78. The largest absolute Gasteiger partial charge is 0.357 e. The van der Waals surface area contributed by atoms with Crippen LogP contribution in [0, 0.1) is 6.92 Å². The van der Waals surface area contributed by atoms with E-state index in [1.54, 1.807) is 6.20 Å². The zero-order valence-corrected chi connectivity index (χ0v) is 6.14. The van der Waals surface area contributed by atoms with E-state index in [0.717, 1.165) is 11.1 Å². The fourth-order valence-corrected chi connectivity index (χ4v) is 1.21. The van der Waals surface area contributed by atoms with Gasteiger partial charge in [0.05, 0.1) is 0 Å². The molecule has 2 aromatic rings. The molecule has 2 aromatic heterocycles. The molecule has 0 unspecified atom stereocenters. The van der Waals surface area contributed by atoms with Gasteiger partial charge in [-0.2, -0.15) is 0 Å². The molecule has 11 heavy (non-hydrogen) atoms. The van der Waals surface area contributed by atoms with E-state index in [2.05, 4.69) is 9.97 Å². The molecular formula is C8H8N2O. The van der Waals surface area contributed by atoms with Crippen LogP contribution in [0.15, 0.2) is 23.1 Å². The Morgan fingerprint density at radius 1 is 1.45 bits per heavy atom. The maximum absolute atomic E-state index is 11.2. The van der Waals surface area contributed by atoms with Crippen molar-refractivity contribution < 1.29 is 0 Å². The van der Waals surface area contributed by atoms with E-state index in [1.165, 1.54) is 0 Å². The predicted molar refractivity (Wildman–Crippen MR) is 43.7 cm³/mol. The Labute approximate surface area is 63.1 Å². The molecule has 0 aliphatic carbocycles. The second-order valence-electron chi connectivity index (χ2n) is 2.59. The van der Waals surface area contributed by atoms with Gasteiger partial charge in [0.25, 0.3) is 5.56 Å². The first kappa shape index (κ1) is 6.22. The summed E-state index contributed by atoms with van der Waals surface area (Å²) in [6.07, 6.45) is 1.76. The molecule has 0 saturated carbocycles. The van der Waals surface area contributed by atoms with Gasteiger partial charge in [0.2, 0.25) is 0 Å². The molecule has 2 N–H and O–H groups in total. The Hall–Kier alpha value is -1.51. The van der Waals surface area contributed by atoms with E-state index in [4.69, 9.17) is 0 Å². The van der Waals surface area contributed by atoms with Crippen molar-refractivity contribution in [3.8, 4) is 0 Å². The number of hydrogen-bond donors (Lipinski definition) is 2. The van der Waals surface area contributed by atoms with Crippen LogP contribution >= 0.6 is 0 Å². The number of hydrogen-bond acceptors (Lipinski definition) is 1. The summed E-state index contributed by atoms with van der Waals surface area (Å²) in [4.78, 5) is 16.8. The van der Waals surface area contributed by atoms with Crippen molar-refractivity contribution in [3.05, 3.63) is 34.4 Å². The molecule has 0 aliphatic heterocycles. The first-order valence-electron chi connectivity index (χ1n) is 3.44. The lowest BCUT2D eigenvalue weighted by Gasteiger charge is -1.91. The van der Waals surface area contributed by atoms with Crippen LogP contribution in [0.1, 0.15) is 5.69 Å². The Kier molecular flexibility index (Phi) is 1.12. The minimum absolute atomic E-state index is 0.0509. The molecule has 56 valence electrons. The predicted octanol–water partition coefficient (Wildman–Crippen LogP) is 1.16. The fraction of sp³-hybridized carbons (Fsp3) is 0.125. The molecule has 0 spiro atoms. The third kappa shape index (κ3) is 0.852. The van der Waals surface area contributed by atoms with E-state index in [1.807, 2.05) is 19.1 Å². The third-order valence-electron chi connectivity index (χ3n) is 1.69. The van der Waals surface area contributed by atoms with Gasteiger partial charge in [-0.25, -0.2) is 0 Å². The Morgan fingerprint density at radius 2 is 2.27 bits per heavy atom. The van der Waals surface area contributed by atoms with Crippen LogP contribution in [-0.4, -0.2) is 9.97 Å². The minimum atomic E-state index is -0.0509.